The summed E-state index contributed by atoms with van der Waals surface area (Å²) in [7, 11) is -3.34. The summed E-state index contributed by atoms with van der Waals surface area (Å²) in [6.45, 7) is 3.51. The highest BCUT2D eigenvalue weighted by Gasteiger charge is 2.36. The Balaban J connectivity index is 2.92. The first kappa shape index (κ1) is 17.4. The van der Waals surface area contributed by atoms with Crippen molar-refractivity contribution in [3.63, 3.8) is 0 Å². The second-order valence-electron chi connectivity index (χ2n) is 4.80. The molecule has 1 unspecified atom stereocenters. The fourth-order valence-corrected chi connectivity index (χ4v) is 3.76. The summed E-state index contributed by atoms with van der Waals surface area (Å²) in [6, 6.07) is -1.37. The van der Waals surface area contributed by atoms with Crippen LogP contribution in [-0.2, 0) is 14.6 Å². The number of aliphatic hydroxyl groups excluding tert-OH is 1. The van der Waals surface area contributed by atoms with Crippen molar-refractivity contribution in [3.8, 4) is 0 Å². The third kappa shape index (κ3) is 5.01. The summed E-state index contributed by atoms with van der Waals surface area (Å²) >= 11 is 0. The Bertz CT molecular complexity index is 504. The molecule has 1 aliphatic heterocycles. The van der Waals surface area contributed by atoms with Crippen molar-refractivity contribution in [1.29, 1.82) is 0 Å². The zero-order chi connectivity index (χ0) is 16.0. The van der Waals surface area contributed by atoms with Crippen LogP contribution in [0.25, 0.3) is 0 Å². The molecule has 8 nitrogen and oxygen atoms in total. The number of rotatable bonds is 6. The van der Waals surface area contributed by atoms with E-state index in [0.29, 0.717) is 0 Å². The molecule has 0 aromatic rings. The van der Waals surface area contributed by atoms with Gasteiger partial charge in [-0.05, 0) is 0 Å². The van der Waals surface area contributed by atoms with Crippen molar-refractivity contribution >= 4 is 21.8 Å². The number of sulfone groups is 1. The Morgan fingerprint density at radius 3 is 2.62 bits per heavy atom. The van der Waals surface area contributed by atoms with Gasteiger partial charge in [-0.3, -0.25) is 4.79 Å². The van der Waals surface area contributed by atoms with Crippen LogP contribution < -0.4 is 0 Å². The lowest BCUT2D eigenvalue weighted by Crippen LogP contribution is -2.56. The molecule has 1 aliphatic rings. The van der Waals surface area contributed by atoms with Crippen LogP contribution in [0.3, 0.4) is 0 Å². The predicted molar refractivity (Wildman–Crippen MR) is 75.7 cm³/mol. The first-order chi connectivity index (χ1) is 9.80. The fourth-order valence-electron chi connectivity index (χ4n) is 2.23. The van der Waals surface area contributed by atoms with Crippen molar-refractivity contribution < 1.29 is 28.2 Å². The van der Waals surface area contributed by atoms with E-state index in [2.05, 4.69) is 6.58 Å². The lowest BCUT2D eigenvalue weighted by Gasteiger charge is -2.37. The number of hydrogen-bond acceptors (Lipinski definition) is 5. The molecule has 0 aromatic carbocycles. The number of amides is 2. The molecule has 0 spiro atoms. The normalized spacial score (nSPS) is 20.8. The first-order valence-electron chi connectivity index (χ1n) is 6.50. The third-order valence-corrected chi connectivity index (χ3v) is 4.87. The second-order valence-corrected chi connectivity index (χ2v) is 7.03. The summed E-state index contributed by atoms with van der Waals surface area (Å²) in [5.41, 5.74) is 0. The Morgan fingerprint density at radius 2 is 2.10 bits per heavy atom. The van der Waals surface area contributed by atoms with Gasteiger partial charge < -0.3 is 20.0 Å². The highest BCUT2D eigenvalue weighted by Crippen LogP contribution is 2.17. The van der Waals surface area contributed by atoms with Crippen LogP contribution in [0.1, 0.15) is 6.42 Å². The molecule has 9 heteroatoms. The van der Waals surface area contributed by atoms with Gasteiger partial charge >= 0.3 is 12.0 Å². The lowest BCUT2D eigenvalue weighted by molar-refractivity contribution is -0.138. The molecule has 0 aliphatic carbocycles. The largest absolute Gasteiger partial charge is 0.481 e. The molecular weight excluding hydrogens is 300 g/mol. The van der Waals surface area contributed by atoms with Crippen molar-refractivity contribution in [3.05, 3.63) is 12.7 Å². The van der Waals surface area contributed by atoms with Gasteiger partial charge in [0.15, 0.2) is 9.84 Å². The van der Waals surface area contributed by atoms with Gasteiger partial charge in [0.25, 0.3) is 0 Å². The summed E-state index contributed by atoms with van der Waals surface area (Å²) < 4.78 is 23.3. The number of aliphatic hydroxyl groups is 1. The van der Waals surface area contributed by atoms with Gasteiger partial charge in [-0.25, -0.2) is 13.2 Å². The van der Waals surface area contributed by atoms with E-state index < -0.39 is 34.3 Å². The van der Waals surface area contributed by atoms with E-state index in [-0.39, 0.29) is 37.7 Å². The monoisotopic (exact) mass is 320 g/mol. The van der Waals surface area contributed by atoms with E-state index in [1.807, 2.05) is 0 Å². The number of hydrogen-bond donors (Lipinski definition) is 2. The zero-order valence-corrected chi connectivity index (χ0v) is 12.5. The van der Waals surface area contributed by atoms with E-state index >= 15 is 0 Å². The summed E-state index contributed by atoms with van der Waals surface area (Å²) in [5.74, 6) is -1.70. The minimum atomic E-state index is -3.34. The zero-order valence-electron chi connectivity index (χ0n) is 11.6. The van der Waals surface area contributed by atoms with Gasteiger partial charge in [-0.2, -0.15) is 0 Å². The molecular formula is C12H20N2O6S. The van der Waals surface area contributed by atoms with Gasteiger partial charge in [0.05, 0.1) is 30.6 Å². The summed E-state index contributed by atoms with van der Waals surface area (Å²) in [4.78, 5) is 25.8. The number of aliphatic carboxylic acids is 1. The second kappa shape index (κ2) is 7.41. The average Bonchev–Trinajstić information content (AvgIpc) is 2.36. The maximum absolute atomic E-state index is 12.4. The van der Waals surface area contributed by atoms with Gasteiger partial charge in [0.1, 0.15) is 0 Å². The number of urea groups is 1. The van der Waals surface area contributed by atoms with Crippen LogP contribution in [0.4, 0.5) is 4.79 Å². The number of carboxylic acid groups (broad SMARTS) is 1. The van der Waals surface area contributed by atoms with Crippen LogP contribution in [0.5, 0.6) is 0 Å². The van der Waals surface area contributed by atoms with E-state index in [0.717, 1.165) is 0 Å². The minimum Gasteiger partial charge on any atom is -0.481 e. The maximum atomic E-state index is 12.4. The molecule has 1 rings (SSSR count). The Morgan fingerprint density at radius 1 is 1.43 bits per heavy atom. The number of carbonyl (C=O) groups excluding carboxylic acids is 1. The van der Waals surface area contributed by atoms with E-state index in [9.17, 15) is 18.0 Å². The van der Waals surface area contributed by atoms with Crippen molar-refractivity contribution in [1.82, 2.24) is 9.80 Å². The van der Waals surface area contributed by atoms with Crippen LogP contribution in [-0.4, -0.2) is 84.2 Å². The minimum absolute atomic E-state index is 0.0435. The summed E-state index contributed by atoms with van der Waals surface area (Å²) in [6.07, 6.45) is 1.06. The van der Waals surface area contributed by atoms with Gasteiger partial charge in [-0.1, -0.05) is 6.08 Å². The lowest BCUT2D eigenvalue weighted by atomic mass is 10.2. The molecule has 0 aromatic heterocycles. The Hall–Kier alpha value is -1.61. The van der Waals surface area contributed by atoms with Gasteiger partial charge in [-0.15, -0.1) is 6.58 Å². The predicted octanol–water partition coefficient (Wildman–Crippen LogP) is -0.840. The maximum Gasteiger partial charge on any atom is 0.320 e. The highest BCUT2D eigenvalue weighted by atomic mass is 32.2. The SMILES string of the molecule is C=CCN(CCO)C(=O)N1CCS(=O)(=O)CC1CC(=O)O. The average molecular weight is 320 g/mol. The van der Waals surface area contributed by atoms with E-state index in [1.165, 1.54) is 15.9 Å². The molecule has 0 saturated carbocycles. The van der Waals surface area contributed by atoms with Crippen molar-refractivity contribution in [2.75, 3.05) is 37.7 Å². The van der Waals surface area contributed by atoms with E-state index in [4.69, 9.17) is 10.2 Å². The Kier molecular flexibility index (Phi) is 6.16. The van der Waals surface area contributed by atoms with Crippen LogP contribution in [0.2, 0.25) is 0 Å². The molecule has 0 bridgehead atoms. The Labute approximate surface area is 123 Å². The smallest absolute Gasteiger partial charge is 0.320 e. The van der Waals surface area contributed by atoms with Crippen LogP contribution >= 0.6 is 0 Å². The van der Waals surface area contributed by atoms with Crippen LogP contribution in [0.15, 0.2) is 12.7 Å². The molecule has 2 amide bonds. The molecule has 1 heterocycles. The topological polar surface area (TPSA) is 115 Å². The number of nitrogens with zero attached hydrogens (tertiary/aromatic N) is 2. The van der Waals surface area contributed by atoms with Crippen molar-refractivity contribution in [2.24, 2.45) is 0 Å². The molecule has 120 valence electrons. The molecule has 1 saturated heterocycles. The number of carbonyl (C=O) groups is 2. The van der Waals surface area contributed by atoms with Crippen molar-refractivity contribution in [2.45, 2.75) is 12.5 Å². The molecule has 21 heavy (non-hydrogen) atoms. The molecule has 1 fully saturated rings. The molecule has 2 N–H and O–H groups in total. The van der Waals surface area contributed by atoms with Gasteiger partial charge in [0.2, 0.25) is 0 Å². The van der Waals surface area contributed by atoms with Crippen LogP contribution in [0, 0.1) is 0 Å². The quantitative estimate of drug-likeness (QED) is 0.617. The highest BCUT2D eigenvalue weighted by molar-refractivity contribution is 7.91. The summed E-state index contributed by atoms with van der Waals surface area (Å²) in [5, 5.41) is 17.8. The molecule has 1 atom stereocenters. The standard InChI is InChI=1S/C12H20N2O6S/c1-2-3-13(4-6-15)12(18)14-5-7-21(19,20)9-10(14)8-11(16)17/h2,10,15H,1,3-9H2,(H,16,17). The van der Waals surface area contributed by atoms with E-state index in [1.54, 1.807) is 0 Å². The van der Waals surface area contributed by atoms with Gasteiger partial charge in [0, 0.05) is 19.6 Å². The number of carboxylic acids is 1. The fraction of sp³-hybridized carbons (Fsp3) is 0.667. The third-order valence-electron chi connectivity index (χ3n) is 3.18. The first-order valence-corrected chi connectivity index (χ1v) is 8.32. The molecule has 0 radical (unpaired) electrons.